The van der Waals surface area contributed by atoms with E-state index in [1.165, 1.54) is 18.3 Å². The predicted octanol–water partition coefficient (Wildman–Crippen LogP) is 5.84. The van der Waals surface area contributed by atoms with Crippen molar-refractivity contribution in [1.82, 2.24) is 20.0 Å². The van der Waals surface area contributed by atoms with E-state index < -0.39 is 5.44 Å². The topological polar surface area (TPSA) is 115 Å². The van der Waals surface area contributed by atoms with Gasteiger partial charge in [-0.3, -0.25) is 4.98 Å². The Balaban J connectivity index is 1.46. The number of nitrogens with one attached hydrogen (secondary N) is 2. The molecule has 2 aromatic heterocycles. The van der Waals surface area contributed by atoms with Crippen LogP contribution in [0.2, 0.25) is 5.02 Å². The molecule has 0 aliphatic heterocycles. The van der Waals surface area contributed by atoms with Gasteiger partial charge in [-0.25, -0.2) is 9.07 Å². The zero-order chi connectivity index (χ0) is 29.3. The van der Waals surface area contributed by atoms with Gasteiger partial charge < -0.3 is 10.6 Å². The molecule has 0 amide bonds. The molecule has 0 radical (unpaired) electrons. The normalized spacial score (nSPS) is 14.9. The van der Waals surface area contributed by atoms with E-state index in [1.54, 1.807) is 18.2 Å². The lowest BCUT2D eigenvalue weighted by atomic mass is 9.69. The van der Waals surface area contributed by atoms with E-state index in [0.29, 0.717) is 44.6 Å². The Morgan fingerprint density at radius 2 is 1.88 bits per heavy atom. The summed E-state index contributed by atoms with van der Waals surface area (Å²) in [5.41, 5.74) is 3.45. The van der Waals surface area contributed by atoms with Crippen molar-refractivity contribution in [1.29, 1.82) is 10.5 Å². The number of nitriles is 2. The number of aromatic nitrogens is 4. The van der Waals surface area contributed by atoms with Gasteiger partial charge in [-0.2, -0.15) is 10.5 Å². The van der Waals surface area contributed by atoms with Crippen LogP contribution in [0.25, 0.3) is 10.9 Å². The van der Waals surface area contributed by atoms with Crippen LogP contribution in [0.15, 0.2) is 79.1 Å². The highest BCUT2D eigenvalue weighted by Crippen LogP contribution is 2.39. The summed E-state index contributed by atoms with van der Waals surface area (Å²) in [6.45, 7) is 0. The summed E-state index contributed by atoms with van der Waals surface area (Å²) in [6.07, 6.45) is 5.71. The van der Waals surface area contributed by atoms with Crippen molar-refractivity contribution in [3.05, 3.63) is 112 Å². The summed E-state index contributed by atoms with van der Waals surface area (Å²) >= 11 is 6.79. The van der Waals surface area contributed by atoms with E-state index in [9.17, 15) is 14.9 Å². The fraction of sp³-hybridized carbons (Fsp3) is 0.194. The van der Waals surface area contributed by atoms with Crippen LogP contribution in [0.4, 0.5) is 15.8 Å². The minimum Gasteiger partial charge on any atom is -0.378 e. The molecule has 11 heteroatoms. The zero-order valence-corrected chi connectivity index (χ0v) is 23.5. The van der Waals surface area contributed by atoms with Gasteiger partial charge in [-0.05, 0) is 48.2 Å². The summed E-state index contributed by atoms with van der Waals surface area (Å²) in [4.78, 5) is 4.48. The number of benzene rings is 3. The maximum absolute atomic E-state index is 13.9. The second-order valence-electron chi connectivity index (χ2n) is 10.6. The lowest BCUT2D eigenvalue weighted by Gasteiger charge is -2.31. The molecule has 2 atom stereocenters. The lowest BCUT2D eigenvalue weighted by Crippen LogP contribution is -2.37. The van der Waals surface area contributed by atoms with E-state index in [-0.39, 0.29) is 18.3 Å². The van der Waals surface area contributed by atoms with Crippen LogP contribution in [0.5, 0.6) is 0 Å². The molecule has 1 saturated carbocycles. The fourth-order valence-electron chi connectivity index (χ4n) is 5.15. The second-order valence-corrected chi connectivity index (χ2v) is 11.0. The third kappa shape index (κ3) is 5.25. The molecular formula is C31H25BClFN8. The van der Waals surface area contributed by atoms with Crippen molar-refractivity contribution in [2.75, 3.05) is 10.6 Å². The predicted molar refractivity (Wildman–Crippen MR) is 162 cm³/mol. The highest BCUT2D eigenvalue weighted by Gasteiger charge is 2.34. The standard InChI is InChI=1S/C31H25BClFN8/c32-31(21-6-8-22(34)9-7-21,28-18-42(41-40-28)24-10-11-24)39-23-14-25-29(20(16-36)17-37-30(25)26(33)15-23)38-27(12-13-35)19-4-2-1-3-5-19/h1-9,14-15,17-18,24,27,39H,10-12,32H2,(H,37,38)/t27-,31?/m1/s1. The average molecular weight is 575 g/mol. The molecule has 1 aliphatic rings. The molecule has 0 bridgehead atoms. The van der Waals surface area contributed by atoms with Crippen LogP contribution >= 0.6 is 11.6 Å². The average Bonchev–Trinajstić information content (AvgIpc) is 3.73. The van der Waals surface area contributed by atoms with Gasteiger partial charge in [0.2, 0.25) is 0 Å². The molecule has 2 N–H and O–H groups in total. The first-order valence-corrected chi connectivity index (χ1v) is 13.9. The first-order chi connectivity index (χ1) is 20.4. The van der Waals surface area contributed by atoms with Crippen molar-refractivity contribution in [2.24, 2.45) is 0 Å². The Morgan fingerprint density at radius 1 is 1.12 bits per heavy atom. The van der Waals surface area contributed by atoms with Crippen molar-refractivity contribution in [3.63, 3.8) is 0 Å². The molecule has 42 heavy (non-hydrogen) atoms. The SMILES string of the molecule is BC(Nc1cc(Cl)c2ncc(C#N)c(N[C@H](CC#N)c3ccccc3)c2c1)(c1ccc(F)cc1)c1cn(C2CC2)nn1. The monoisotopic (exact) mass is 574 g/mol. The minimum atomic E-state index is -0.904. The highest BCUT2D eigenvalue weighted by atomic mass is 35.5. The summed E-state index contributed by atoms with van der Waals surface area (Å²) < 4.78 is 15.8. The number of halogens is 2. The minimum absolute atomic E-state index is 0.184. The van der Waals surface area contributed by atoms with Gasteiger partial charge in [0.05, 0.1) is 58.0 Å². The van der Waals surface area contributed by atoms with Crippen molar-refractivity contribution in [3.8, 4) is 12.1 Å². The lowest BCUT2D eigenvalue weighted by molar-refractivity contribution is 0.610. The van der Waals surface area contributed by atoms with E-state index >= 15 is 0 Å². The molecule has 1 fully saturated rings. The van der Waals surface area contributed by atoms with Crippen LogP contribution < -0.4 is 10.6 Å². The third-order valence-corrected chi connectivity index (χ3v) is 7.91. The maximum atomic E-state index is 13.9. The molecule has 5 aromatic rings. The molecule has 8 nitrogen and oxygen atoms in total. The van der Waals surface area contributed by atoms with Crippen LogP contribution in [-0.2, 0) is 5.44 Å². The van der Waals surface area contributed by atoms with E-state index in [0.717, 1.165) is 24.0 Å². The number of fused-ring (bicyclic) bond motifs is 1. The summed E-state index contributed by atoms with van der Waals surface area (Å²) in [5.74, 6) is -0.340. The van der Waals surface area contributed by atoms with Crippen LogP contribution in [-0.4, -0.2) is 27.8 Å². The number of hydrogen-bond donors (Lipinski definition) is 2. The molecule has 6 rings (SSSR count). The number of nitrogens with zero attached hydrogens (tertiary/aromatic N) is 6. The number of pyridine rings is 1. The zero-order valence-electron chi connectivity index (χ0n) is 22.7. The summed E-state index contributed by atoms with van der Waals surface area (Å²) in [6, 6.07) is 23.9. The largest absolute Gasteiger partial charge is 0.378 e. The first-order valence-electron chi connectivity index (χ1n) is 13.6. The van der Waals surface area contributed by atoms with Crippen molar-refractivity contribution in [2.45, 2.75) is 36.8 Å². The van der Waals surface area contributed by atoms with Crippen molar-refractivity contribution < 1.29 is 4.39 Å². The summed E-state index contributed by atoms with van der Waals surface area (Å²) in [7, 11) is 1.96. The third-order valence-electron chi connectivity index (χ3n) is 7.62. The Bertz CT molecular complexity index is 1840. The van der Waals surface area contributed by atoms with Gasteiger partial charge >= 0.3 is 0 Å². The Hall–Kier alpha value is -4.93. The second kappa shape index (κ2) is 11.2. The van der Waals surface area contributed by atoms with E-state index in [2.05, 4.69) is 38.1 Å². The molecular weight excluding hydrogens is 550 g/mol. The molecule has 3 aromatic carbocycles. The van der Waals surface area contributed by atoms with E-state index in [4.69, 9.17) is 11.6 Å². The molecule has 0 spiro atoms. The molecule has 1 aliphatic carbocycles. The van der Waals surface area contributed by atoms with Crippen LogP contribution in [0.3, 0.4) is 0 Å². The van der Waals surface area contributed by atoms with Crippen LogP contribution in [0, 0.1) is 28.5 Å². The van der Waals surface area contributed by atoms with E-state index in [1.807, 2.05) is 55.1 Å². The highest BCUT2D eigenvalue weighted by molar-refractivity contribution is 6.36. The van der Waals surface area contributed by atoms with Gasteiger partial charge in [0, 0.05) is 17.3 Å². The number of anilines is 2. The number of hydrogen-bond acceptors (Lipinski definition) is 7. The first kappa shape index (κ1) is 27.3. The van der Waals surface area contributed by atoms with Gasteiger partial charge in [0.25, 0.3) is 0 Å². The van der Waals surface area contributed by atoms with Gasteiger partial charge in [-0.15, -0.1) is 5.10 Å². The van der Waals surface area contributed by atoms with Gasteiger partial charge in [0.15, 0.2) is 0 Å². The molecule has 1 unspecified atom stereocenters. The van der Waals surface area contributed by atoms with Crippen molar-refractivity contribution >= 4 is 41.7 Å². The maximum Gasteiger partial charge on any atom is 0.148 e. The van der Waals surface area contributed by atoms with Gasteiger partial charge in [0.1, 0.15) is 25.4 Å². The molecule has 0 saturated heterocycles. The summed E-state index contributed by atoms with van der Waals surface area (Å²) in [5, 5.41) is 36.4. The Morgan fingerprint density at radius 3 is 2.57 bits per heavy atom. The van der Waals surface area contributed by atoms with Gasteiger partial charge in [-0.1, -0.05) is 59.3 Å². The molecule has 206 valence electrons. The quantitative estimate of drug-likeness (QED) is 0.213. The number of rotatable bonds is 9. The van der Waals surface area contributed by atoms with Crippen LogP contribution in [0.1, 0.15) is 53.7 Å². The molecule has 2 heterocycles. The smallest absolute Gasteiger partial charge is 0.148 e. The Labute approximate surface area is 248 Å². The Kier molecular flexibility index (Phi) is 7.24. The fourth-order valence-corrected chi connectivity index (χ4v) is 5.42.